The zero-order valence-corrected chi connectivity index (χ0v) is 17.2. The standard InChI is InChI=1S/C22H26N2O4S/c25-21(22(12-16-28-17-13-22)18-6-2-1-3-7-18)23-19-8-10-20(11-9-19)29(26,27)24-14-4-5-15-24/h1-3,6-11H,4-5,12-17H2,(H,23,25). The average Bonchev–Trinajstić information content (AvgIpc) is 3.31. The molecular formula is C22H26N2O4S. The van der Waals surface area contributed by atoms with Crippen molar-refractivity contribution in [3.63, 3.8) is 0 Å². The largest absolute Gasteiger partial charge is 0.381 e. The lowest BCUT2D eigenvalue weighted by Crippen LogP contribution is -2.44. The van der Waals surface area contributed by atoms with E-state index in [-0.39, 0.29) is 10.8 Å². The maximum absolute atomic E-state index is 13.3. The zero-order chi connectivity index (χ0) is 20.3. The minimum atomic E-state index is -3.46. The Morgan fingerprint density at radius 2 is 1.55 bits per heavy atom. The van der Waals surface area contributed by atoms with Gasteiger partial charge in [-0.05, 0) is 55.5 Å². The summed E-state index contributed by atoms with van der Waals surface area (Å²) in [4.78, 5) is 13.6. The highest BCUT2D eigenvalue weighted by atomic mass is 32.2. The van der Waals surface area contributed by atoms with Crippen LogP contribution in [-0.2, 0) is 25.0 Å². The van der Waals surface area contributed by atoms with E-state index in [1.54, 1.807) is 24.3 Å². The molecule has 0 bridgehead atoms. The molecule has 1 N–H and O–H groups in total. The van der Waals surface area contributed by atoms with Crippen LogP contribution in [0.4, 0.5) is 5.69 Å². The van der Waals surface area contributed by atoms with Gasteiger partial charge in [0.2, 0.25) is 15.9 Å². The second-order valence-electron chi connectivity index (χ2n) is 7.65. The molecule has 0 saturated carbocycles. The van der Waals surface area contributed by atoms with Crippen molar-refractivity contribution in [3.8, 4) is 0 Å². The molecule has 154 valence electrons. The van der Waals surface area contributed by atoms with Gasteiger partial charge >= 0.3 is 0 Å². The van der Waals surface area contributed by atoms with E-state index in [4.69, 9.17) is 4.74 Å². The maximum atomic E-state index is 13.3. The molecule has 4 rings (SSSR count). The number of nitrogens with one attached hydrogen (secondary N) is 1. The number of nitrogens with zero attached hydrogens (tertiary/aromatic N) is 1. The molecular weight excluding hydrogens is 388 g/mol. The van der Waals surface area contributed by atoms with Crippen LogP contribution in [0.2, 0.25) is 0 Å². The molecule has 2 heterocycles. The number of hydrogen-bond acceptors (Lipinski definition) is 4. The summed E-state index contributed by atoms with van der Waals surface area (Å²) in [5.74, 6) is -0.0813. The lowest BCUT2D eigenvalue weighted by Gasteiger charge is -2.36. The first-order valence-electron chi connectivity index (χ1n) is 10.1. The number of anilines is 1. The van der Waals surface area contributed by atoms with Crippen molar-refractivity contribution < 1.29 is 17.9 Å². The summed E-state index contributed by atoms with van der Waals surface area (Å²) in [5.41, 5.74) is 0.936. The number of carbonyl (C=O) groups excluding carboxylic acids is 1. The Bertz CT molecular complexity index is 946. The van der Waals surface area contributed by atoms with E-state index in [1.165, 1.54) is 4.31 Å². The minimum absolute atomic E-state index is 0.0813. The van der Waals surface area contributed by atoms with Crippen LogP contribution in [0.15, 0.2) is 59.5 Å². The minimum Gasteiger partial charge on any atom is -0.381 e. The van der Waals surface area contributed by atoms with Crippen molar-refractivity contribution in [1.29, 1.82) is 0 Å². The molecule has 7 heteroatoms. The number of sulfonamides is 1. The number of carbonyl (C=O) groups is 1. The van der Waals surface area contributed by atoms with Gasteiger partial charge in [0.05, 0.1) is 10.3 Å². The lowest BCUT2D eigenvalue weighted by atomic mass is 9.73. The van der Waals surface area contributed by atoms with E-state index in [1.807, 2.05) is 30.3 Å². The number of hydrogen-bond donors (Lipinski definition) is 1. The van der Waals surface area contributed by atoms with Crippen LogP contribution in [-0.4, -0.2) is 44.9 Å². The van der Waals surface area contributed by atoms with Crippen molar-refractivity contribution in [2.45, 2.75) is 36.0 Å². The molecule has 0 unspecified atom stereocenters. The van der Waals surface area contributed by atoms with Crippen LogP contribution < -0.4 is 5.32 Å². The van der Waals surface area contributed by atoms with Crippen LogP contribution in [0, 0.1) is 0 Å². The topological polar surface area (TPSA) is 75.7 Å². The van der Waals surface area contributed by atoms with Gasteiger partial charge in [-0.25, -0.2) is 8.42 Å². The molecule has 2 aromatic rings. The second kappa shape index (κ2) is 8.26. The summed E-state index contributed by atoms with van der Waals surface area (Å²) < 4.78 is 32.4. The Labute approximate surface area is 171 Å². The number of rotatable bonds is 5. The van der Waals surface area contributed by atoms with Crippen molar-refractivity contribution in [2.24, 2.45) is 0 Å². The Morgan fingerprint density at radius 3 is 2.17 bits per heavy atom. The van der Waals surface area contributed by atoms with Crippen molar-refractivity contribution in [3.05, 3.63) is 60.2 Å². The predicted octanol–water partition coefficient (Wildman–Crippen LogP) is 3.16. The summed E-state index contributed by atoms with van der Waals surface area (Å²) in [5, 5.41) is 3.00. The second-order valence-corrected chi connectivity index (χ2v) is 9.59. The Morgan fingerprint density at radius 1 is 0.931 bits per heavy atom. The average molecular weight is 415 g/mol. The van der Waals surface area contributed by atoms with Gasteiger partial charge in [-0.1, -0.05) is 30.3 Å². The van der Waals surface area contributed by atoms with E-state index >= 15 is 0 Å². The first kappa shape index (κ1) is 20.1. The van der Waals surface area contributed by atoms with Crippen LogP contribution >= 0.6 is 0 Å². The normalized spacial score (nSPS) is 19.7. The molecule has 29 heavy (non-hydrogen) atoms. The van der Waals surface area contributed by atoms with E-state index in [0.29, 0.717) is 44.8 Å². The van der Waals surface area contributed by atoms with Gasteiger partial charge in [-0.2, -0.15) is 4.31 Å². The Balaban J connectivity index is 1.54. The van der Waals surface area contributed by atoms with Crippen molar-refractivity contribution >= 4 is 21.6 Å². The fourth-order valence-electron chi connectivity index (χ4n) is 4.16. The van der Waals surface area contributed by atoms with Gasteiger partial charge in [0, 0.05) is 32.0 Å². The summed E-state index contributed by atoms with van der Waals surface area (Å²) in [7, 11) is -3.46. The van der Waals surface area contributed by atoms with Gasteiger partial charge < -0.3 is 10.1 Å². The molecule has 0 radical (unpaired) electrons. The molecule has 2 fully saturated rings. The van der Waals surface area contributed by atoms with Crippen molar-refractivity contribution in [2.75, 3.05) is 31.6 Å². The first-order chi connectivity index (χ1) is 14.0. The monoisotopic (exact) mass is 414 g/mol. The fourth-order valence-corrected chi connectivity index (χ4v) is 5.68. The van der Waals surface area contributed by atoms with E-state index in [2.05, 4.69) is 5.32 Å². The molecule has 2 aromatic carbocycles. The summed E-state index contributed by atoms with van der Waals surface area (Å²) in [6.07, 6.45) is 3.03. The lowest BCUT2D eigenvalue weighted by molar-refractivity contribution is -0.125. The highest BCUT2D eigenvalue weighted by Crippen LogP contribution is 2.36. The van der Waals surface area contributed by atoms with Gasteiger partial charge in [-0.3, -0.25) is 4.79 Å². The molecule has 6 nitrogen and oxygen atoms in total. The van der Waals surface area contributed by atoms with Crippen LogP contribution in [0.25, 0.3) is 0 Å². The van der Waals surface area contributed by atoms with E-state index < -0.39 is 15.4 Å². The molecule has 0 aromatic heterocycles. The molecule has 2 aliphatic rings. The number of benzene rings is 2. The zero-order valence-electron chi connectivity index (χ0n) is 16.3. The quantitative estimate of drug-likeness (QED) is 0.816. The fraction of sp³-hybridized carbons (Fsp3) is 0.409. The summed E-state index contributed by atoms with van der Waals surface area (Å²) in [6.45, 7) is 2.22. The van der Waals surface area contributed by atoms with Crippen LogP contribution in [0.3, 0.4) is 0 Å². The predicted molar refractivity (Wildman–Crippen MR) is 111 cm³/mol. The molecule has 0 atom stereocenters. The maximum Gasteiger partial charge on any atom is 0.243 e. The highest BCUT2D eigenvalue weighted by molar-refractivity contribution is 7.89. The third kappa shape index (κ3) is 3.95. The third-order valence-corrected chi connectivity index (χ3v) is 7.84. The van der Waals surface area contributed by atoms with Gasteiger partial charge in [0.25, 0.3) is 0 Å². The van der Waals surface area contributed by atoms with E-state index in [0.717, 1.165) is 18.4 Å². The summed E-state index contributed by atoms with van der Waals surface area (Å²) >= 11 is 0. The first-order valence-corrected chi connectivity index (χ1v) is 11.5. The van der Waals surface area contributed by atoms with Gasteiger partial charge in [0.15, 0.2) is 0 Å². The highest BCUT2D eigenvalue weighted by Gasteiger charge is 2.41. The van der Waals surface area contributed by atoms with Crippen LogP contribution in [0.1, 0.15) is 31.2 Å². The third-order valence-electron chi connectivity index (χ3n) is 5.92. The van der Waals surface area contributed by atoms with Crippen molar-refractivity contribution in [1.82, 2.24) is 4.31 Å². The van der Waals surface area contributed by atoms with Gasteiger partial charge in [0.1, 0.15) is 0 Å². The molecule has 1 amide bonds. The summed E-state index contributed by atoms with van der Waals surface area (Å²) in [6, 6.07) is 16.3. The molecule has 0 spiro atoms. The smallest absolute Gasteiger partial charge is 0.243 e. The SMILES string of the molecule is O=C(Nc1ccc(S(=O)(=O)N2CCCC2)cc1)C1(c2ccccc2)CCOCC1. The van der Waals surface area contributed by atoms with Crippen LogP contribution in [0.5, 0.6) is 0 Å². The Kier molecular flexibility index (Phi) is 5.72. The molecule has 0 aliphatic carbocycles. The Hall–Kier alpha value is -2.22. The van der Waals surface area contributed by atoms with Gasteiger partial charge in [-0.15, -0.1) is 0 Å². The number of ether oxygens (including phenoxy) is 1. The number of amides is 1. The molecule has 2 saturated heterocycles. The van der Waals surface area contributed by atoms with E-state index in [9.17, 15) is 13.2 Å². The molecule has 2 aliphatic heterocycles.